The first-order valence-electron chi connectivity index (χ1n) is 8.93. The fourth-order valence-electron chi connectivity index (χ4n) is 3.56. The maximum absolute atomic E-state index is 12.3. The van der Waals surface area contributed by atoms with Crippen LogP contribution in [-0.2, 0) is 4.79 Å². The van der Waals surface area contributed by atoms with Gasteiger partial charge in [0.05, 0.1) is 6.54 Å². The number of amides is 1. The van der Waals surface area contributed by atoms with Gasteiger partial charge in [0.1, 0.15) is 11.5 Å². The first-order valence-corrected chi connectivity index (χ1v) is 8.93. The van der Waals surface area contributed by atoms with E-state index in [1.54, 1.807) is 0 Å². The number of piperidine rings is 1. The van der Waals surface area contributed by atoms with E-state index >= 15 is 0 Å². The van der Waals surface area contributed by atoms with Crippen molar-refractivity contribution in [3.63, 3.8) is 0 Å². The van der Waals surface area contributed by atoms with E-state index in [1.165, 1.54) is 6.42 Å². The molecule has 0 spiro atoms. The third-order valence-corrected chi connectivity index (χ3v) is 4.43. The van der Waals surface area contributed by atoms with Gasteiger partial charge >= 0.3 is 0 Å². The highest BCUT2D eigenvalue weighted by Gasteiger charge is 2.23. The van der Waals surface area contributed by atoms with Gasteiger partial charge in [0.25, 0.3) is 0 Å². The lowest BCUT2D eigenvalue weighted by Crippen LogP contribution is -2.42. The van der Waals surface area contributed by atoms with E-state index in [-0.39, 0.29) is 5.91 Å². The molecule has 1 saturated heterocycles. The Morgan fingerprint density at radius 3 is 2.24 bits per heavy atom. The molecule has 2 aromatic rings. The second kappa shape index (κ2) is 8.17. The molecule has 0 bridgehead atoms. The molecule has 0 aromatic heterocycles. The second-order valence-electron chi connectivity index (χ2n) is 7.13. The third-order valence-electron chi connectivity index (χ3n) is 4.43. The van der Waals surface area contributed by atoms with E-state index in [0.717, 1.165) is 30.3 Å². The summed E-state index contributed by atoms with van der Waals surface area (Å²) >= 11 is 0. The van der Waals surface area contributed by atoms with Crippen LogP contribution in [0.1, 0.15) is 20.3 Å². The van der Waals surface area contributed by atoms with Crippen molar-refractivity contribution in [2.45, 2.75) is 20.3 Å². The van der Waals surface area contributed by atoms with E-state index in [1.807, 2.05) is 54.6 Å². The monoisotopic (exact) mass is 338 g/mol. The Kier molecular flexibility index (Phi) is 5.71. The van der Waals surface area contributed by atoms with E-state index in [2.05, 4.69) is 24.1 Å². The topological polar surface area (TPSA) is 41.6 Å². The molecule has 1 aliphatic heterocycles. The Balaban J connectivity index is 1.51. The molecule has 1 N–H and O–H groups in total. The highest BCUT2D eigenvalue weighted by atomic mass is 16.5. The fraction of sp³-hybridized carbons (Fsp3) is 0.381. The first kappa shape index (κ1) is 17.5. The Bertz CT molecular complexity index is 675. The molecule has 0 aliphatic carbocycles. The van der Waals surface area contributed by atoms with Crippen molar-refractivity contribution in [3.05, 3.63) is 54.6 Å². The third kappa shape index (κ3) is 5.33. The van der Waals surface area contributed by atoms with Crippen LogP contribution in [0.3, 0.4) is 0 Å². The molecule has 25 heavy (non-hydrogen) atoms. The molecule has 1 aliphatic rings. The number of rotatable bonds is 5. The molecule has 1 fully saturated rings. The lowest BCUT2D eigenvalue weighted by molar-refractivity contribution is -0.117. The standard InChI is InChI=1S/C21H26N2O2/c1-16-12-17(2)14-23(13-16)15-21(24)22-18-8-10-20(11-9-18)25-19-6-4-3-5-7-19/h3-11,16-17H,12-15H2,1-2H3,(H,22,24)/t16-,17+. The summed E-state index contributed by atoms with van der Waals surface area (Å²) in [5.41, 5.74) is 0.795. The van der Waals surface area contributed by atoms with Gasteiger partial charge in [-0.05, 0) is 54.7 Å². The number of nitrogens with one attached hydrogen (secondary N) is 1. The molecule has 4 heteroatoms. The number of hydrogen-bond donors (Lipinski definition) is 1. The van der Waals surface area contributed by atoms with Crippen LogP contribution in [0, 0.1) is 11.8 Å². The van der Waals surface area contributed by atoms with Crippen LogP contribution >= 0.6 is 0 Å². The number of nitrogens with zero attached hydrogens (tertiary/aromatic N) is 1. The molecule has 0 radical (unpaired) electrons. The molecule has 0 saturated carbocycles. The van der Waals surface area contributed by atoms with Gasteiger partial charge in [0, 0.05) is 18.8 Å². The maximum atomic E-state index is 12.3. The van der Waals surface area contributed by atoms with Crippen LogP contribution < -0.4 is 10.1 Å². The maximum Gasteiger partial charge on any atom is 0.238 e. The SMILES string of the molecule is C[C@@H]1C[C@H](C)CN(CC(=O)Nc2ccc(Oc3ccccc3)cc2)C1. The molecule has 1 amide bonds. The molecular weight excluding hydrogens is 312 g/mol. The number of benzene rings is 2. The lowest BCUT2D eigenvalue weighted by Gasteiger charge is -2.34. The number of carbonyl (C=O) groups is 1. The van der Waals surface area contributed by atoms with E-state index in [9.17, 15) is 4.79 Å². The van der Waals surface area contributed by atoms with Gasteiger partial charge in [-0.1, -0.05) is 32.0 Å². The fourth-order valence-corrected chi connectivity index (χ4v) is 3.56. The normalized spacial score (nSPS) is 20.9. The highest BCUT2D eigenvalue weighted by Crippen LogP contribution is 2.23. The second-order valence-corrected chi connectivity index (χ2v) is 7.13. The zero-order valence-electron chi connectivity index (χ0n) is 14.9. The van der Waals surface area contributed by atoms with Crippen molar-refractivity contribution in [1.82, 2.24) is 4.90 Å². The van der Waals surface area contributed by atoms with E-state index in [4.69, 9.17) is 4.74 Å². The summed E-state index contributed by atoms with van der Waals surface area (Å²) in [5, 5.41) is 2.97. The molecule has 132 valence electrons. The molecule has 2 aromatic carbocycles. The Hall–Kier alpha value is -2.33. The molecule has 4 nitrogen and oxygen atoms in total. The summed E-state index contributed by atoms with van der Waals surface area (Å²) in [6, 6.07) is 17.1. The average molecular weight is 338 g/mol. The quantitative estimate of drug-likeness (QED) is 0.879. The minimum absolute atomic E-state index is 0.0398. The largest absolute Gasteiger partial charge is 0.457 e. The predicted molar refractivity (Wildman–Crippen MR) is 101 cm³/mol. The van der Waals surface area contributed by atoms with Crippen molar-refractivity contribution in [1.29, 1.82) is 0 Å². The molecule has 2 atom stereocenters. The van der Waals surface area contributed by atoms with Crippen LogP contribution in [0.25, 0.3) is 0 Å². The van der Waals surface area contributed by atoms with Crippen molar-refractivity contribution < 1.29 is 9.53 Å². The van der Waals surface area contributed by atoms with Crippen LogP contribution in [-0.4, -0.2) is 30.4 Å². The Morgan fingerprint density at radius 1 is 1.00 bits per heavy atom. The van der Waals surface area contributed by atoms with Crippen molar-refractivity contribution in [2.24, 2.45) is 11.8 Å². The van der Waals surface area contributed by atoms with Crippen LogP contribution in [0.5, 0.6) is 11.5 Å². The number of hydrogen-bond acceptors (Lipinski definition) is 3. The van der Waals surface area contributed by atoms with Crippen LogP contribution in [0.4, 0.5) is 5.69 Å². The van der Waals surface area contributed by atoms with E-state index in [0.29, 0.717) is 18.4 Å². The molecular formula is C21H26N2O2. The Morgan fingerprint density at radius 2 is 1.60 bits per heavy atom. The first-order chi connectivity index (χ1) is 12.1. The summed E-state index contributed by atoms with van der Waals surface area (Å²) in [7, 11) is 0. The number of ether oxygens (including phenoxy) is 1. The van der Waals surface area contributed by atoms with Gasteiger partial charge in [-0.15, -0.1) is 0 Å². The molecule has 1 heterocycles. The van der Waals surface area contributed by atoms with Gasteiger partial charge in [0.15, 0.2) is 0 Å². The van der Waals surface area contributed by atoms with Crippen LogP contribution in [0.2, 0.25) is 0 Å². The Labute approximate surface area is 149 Å². The highest BCUT2D eigenvalue weighted by molar-refractivity contribution is 5.92. The van der Waals surface area contributed by atoms with Gasteiger partial charge in [-0.2, -0.15) is 0 Å². The summed E-state index contributed by atoms with van der Waals surface area (Å²) < 4.78 is 5.76. The lowest BCUT2D eigenvalue weighted by atomic mass is 9.92. The summed E-state index contributed by atoms with van der Waals surface area (Å²) in [6.45, 7) is 6.97. The zero-order valence-corrected chi connectivity index (χ0v) is 14.9. The van der Waals surface area contributed by atoms with Gasteiger partial charge in [-0.25, -0.2) is 0 Å². The minimum Gasteiger partial charge on any atom is -0.457 e. The molecule has 0 unspecified atom stereocenters. The predicted octanol–water partition coefficient (Wildman–Crippen LogP) is 4.40. The summed E-state index contributed by atoms with van der Waals surface area (Å²) in [6.07, 6.45) is 1.25. The van der Waals surface area contributed by atoms with Crippen molar-refractivity contribution in [3.8, 4) is 11.5 Å². The minimum atomic E-state index is 0.0398. The number of para-hydroxylation sites is 1. The van der Waals surface area contributed by atoms with Gasteiger partial charge < -0.3 is 10.1 Å². The van der Waals surface area contributed by atoms with Crippen molar-refractivity contribution >= 4 is 11.6 Å². The van der Waals surface area contributed by atoms with Gasteiger partial charge in [0.2, 0.25) is 5.91 Å². The van der Waals surface area contributed by atoms with Crippen LogP contribution in [0.15, 0.2) is 54.6 Å². The number of anilines is 1. The zero-order chi connectivity index (χ0) is 17.6. The number of carbonyl (C=O) groups excluding carboxylic acids is 1. The summed E-state index contributed by atoms with van der Waals surface area (Å²) in [5.74, 6) is 2.91. The smallest absolute Gasteiger partial charge is 0.238 e. The van der Waals surface area contributed by atoms with Crippen molar-refractivity contribution in [2.75, 3.05) is 25.0 Å². The molecule has 3 rings (SSSR count). The number of likely N-dealkylation sites (tertiary alicyclic amines) is 1. The summed E-state index contributed by atoms with van der Waals surface area (Å²) in [4.78, 5) is 14.5. The van der Waals surface area contributed by atoms with Gasteiger partial charge in [-0.3, -0.25) is 9.69 Å². The average Bonchev–Trinajstić information content (AvgIpc) is 2.56. The van der Waals surface area contributed by atoms with E-state index < -0.39 is 0 Å².